The predicted molar refractivity (Wildman–Crippen MR) is 126 cm³/mol. The molecule has 1 aliphatic heterocycles. The molecule has 1 saturated heterocycles. The van der Waals surface area contributed by atoms with Crippen LogP contribution in [-0.4, -0.2) is 58.8 Å². The van der Waals surface area contributed by atoms with Crippen LogP contribution in [0.15, 0.2) is 54.9 Å². The van der Waals surface area contributed by atoms with Gasteiger partial charge in [0.15, 0.2) is 23.1 Å². The molecule has 9 nitrogen and oxygen atoms in total. The van der Waals surface area contributed by atoms with Crippen molar-refractivity contribution in [2.75, 3.05) is 25.5 Å². The minimum absolute atomic E-state index is 0.115. The molecule has 11 heteroatoms. The van der Waals surface area contributed by atoms with Gasteiger partial charge in [-0.1, -0.05) is 6.07 Å². The van der Waals surface area contributed by atoms with Crippen LogP contribution in [0.25, 0.3) is 0 Å². The first-order valence-corrected chi connectivity index (χ1v) is 11.2. The van der Waals surface area contributed by atoms with Gasteiger partial charge >= 0.3 is 0 Å². The maximum Gasteiger partial charge on any atom is 0.273 e. The molecule has 1 aliphatic rings. The lowest BCUT2D eigenvalue weighted by molar-refractivity contribution is 0.0697. The third-order valence-electron chi connectivity index (χ3n) is 5.76. The summed E-state index contributed by atoms with van der Waals surface area (Å²) in [6.07, 6.45) is 3.65. The molecule has 2 aromatic carbocycles. The third-order valence-corrected chi connectivity index (χ3v) is 5.76. The van der Waals surface area contributed by atoms with Crippen LogP contribution < -0.4 is 15.4 Å². The van der Waals surface area contributed by atoms with Crippen molar-refractivity contribution >= 4 is 23.5 Å². The molecule has 3 amide bonds. The zero-order valence-corrected chi connectivity index (χ0v) is 19.3. The predicted octanol–water partition coefficient (Wildman–Crippen LogP) is 3.05. The van der Waals surface area contributed by atoms with Crippen molar-refractivity contribution in [2.24, 2.45) is 0 Å². The number of likely N-dealkylation sites (tertiary alicyclic amines) is 1. The lowest BCUT2D eigenvalue weighted by Crippen LogP contribution is -2.46. The van der Waals surface area contributed by atoms with E-state index >= 15 is 0 Å². The van der Waals surface area contributed by atoms with Crippen LogP contribution in [0.2, 0.25) is 0 Å². The van der Waals surface area contributed by atoms with Crippen LogP contribution in [0.4, 0.5) is 14.6 Å². The molecule has 0 saturated carbocycles. The molecule has 3 aromatic rings. The van der Waals surface area contributed by atoms with E-state index in [0.29, 0.717) is 37.2 Å². The summed E-state index contributed by atoms with van der Waals surface area (Å²) in [6.45, 7) is 0.891. The fraction of sp³-hybridized carbons (Fsp3) is 0.240. The van der Waals surface area contributed by atoms with Gasteiger partial charge in [0.2, 0.25) is 0 Å². The van der Waals surface area contributed by atoms with Gasteiger partial charge in [-0.2, -0.15) is 0 Å². The summed E-state index contributed by atoms with van der Waals surface area (Å²) in [5.74, 6) is -3.21. The summed E-state index contributed by atoms with van der Waals surface area (Å²) in [5.41, 5.74) is 0.264. The topological polar surface area (TPSA) is 114 Å². The summed E-state index contributed by atoms with van der Waals surface area (Å²) < 4.78 is 31.8. The van der Waals surface area contributed by atoms with Crippen molar-refractivity contribution in [3.05, 3.63) is 83.3 Å². The standard InChI is InChI=1S/C25H23F2N5O4/c1-36-18-4-2-3-16(13-18)25(35)32-11-7-17(8-12-32)30-24(34)21-22(29-10-9-28-21)31-23(33)15-5-6-19(26)20(27)14-15/h2-6,9-10,13-14,17H,7-8,11-12H2,1H3,(H,30,34)(H,29,31,33). The highest BCUT2D eigenvalue weighted by Crippen LogP contribution is 2.19. The molecule has 0 atom stereocenters. The number of methoxy groups -OCH3 is 1. The molecule has 1 fully saturated rings. The van der Waals surface area contributed by atoms with Crippen molar-refractivity contribution in [3.8, 4) is 5.75 Å². The number of carbonyl (C=O) groups is 3. The Morgan fingerprint density at radius 1 is 0.944 bits per heavy atom. The molecule has 0 unspecified atom stereocenters. The van der Waals surface area contributed by atoms with E-state index in [2.05, 4.69) is 20.6 Å². The normalized spacial score (nSPS) is 13.7. The Morgan fingerprint density at radius 2 is 1.69 bits per heavy atom. The Kier molecular flexibility index (Phi) is 7.47. The highest BCUT2D eigenvalue weighted by molar-refractivity contribution is 6.07. The fourth-order valence-corrected chi connectivity index (χ4v) is 3.83. The summed E-state index contributed by atoms with van der Waals surface area (Å²) >= 11 is 0. The first kappa shape index (κ1) is 24.7. The Morgan fingerprint density at radius 3 is 2.42 bits per heavy atom. The van der Waals surface area contributed by atoms with E-state index in [1.807, 2.05) is 0 Å². The number of ether oxygens (including phenoxy) is 1. The van der Waals surface area contributed by atoms with Crippen molar-refractivity contribution in [3.63, 3.8) is 0 Å². The molecule has 2 heterocycles. The number of carbonyl (C=O) groups excluding carboxylic acids is 3. The largest absolute Gasteiger partial charge is 0.497 e. The van der Waals surface area contributed by atoms with E-state index in [0.717, 1.165) is 18.2 Å². The zero-order valence-electron chi connectivity index (χ0n) is 19.3. The lowest BCUT2D eigenvalue weighted by atomic mass is 10.0. The molecule has 0 radical (unpaired) electrons. The second-order valence-corrected chi connectivity index (χ2v) is 8.11. The molecule has 0 aliphatic carbocycles. The van der Waals surface area contributed by atoms with E-state index in [1.165, 1.54) is 19.5 Å². The quantitative estimate of drug-likeness (QED) is 0.544. The van der Waals surface area contributed by atoms with E-state index in [1.54, 1.807) is 29.2 Å². The van der Waals surface area contributed by atoms with Gasteiger partial charge in [-0.05, 0) is 49.2 Å². The van der Waals surface area contributed by atoms with Crippen LogP contribution in [0.5, 0.6) is 5.75 Å². The first-order valence-electron chi connectivity index (χ1n) is 11.2. The maximum atomic E-state index is 13.5. The highest BCUT2D eigenvalue weighted by Gasteiger charge is 2.26. The van der Waals surface area contributed by atoms with Gasteiger partial charge in [0.05, 0.1) is 7.11 Å². The molecule has 0 spiro atoms. The number of nitrogens with one attached hydrogen (secondary N) is 2. The summed E-state index contributed by atoms with van der Waals surface area (Å²) in [6, 6.07) is 9.40. The van der Waals surface area contributed by atoms with Gasteiger partial charge in [0.25, 0.3) is 17.7 Å². The van der Waals surface area contributed by atoms with Crippen LogP contribution in [0.1, 0.15) is 44.0 Å². The molecular weight excluding hydrogens is 472 g/mol. The number of anilines is 1. The molecule has 0 bridgehead atoms. The minimum atomic E-state index is -1.17. The van der Waals surface area contributed by atoms with Gasteiger partial charge in [-0.15, -0.1) is 0 Å². The average molecular weight is 495 g/mol. The average Bonchev–Trinajstić information content (AvgIpc) is 2.90. The minimum Gasteiger partial charge on any atom is -0.497 e. The number of hydrogen-bond acceptors (Lipinski definition) is 6. The molecular formula is C25H23F2N5O4. The second-order valence-electron chi connectivity index (χ2n) is 8.11. The molecule has 1 aromatic heterocycles. The molecule has 2 N–H and O–H groups in total. The number of rotatable bonds is 6. The zero-order chi connectivity index (χ0) is 25.7. The van der Waals surface area contributed by atoms with Crippen molar-refractivity contribution in [2.45, 2.75) is 18.9 Å². The van der Waals surface area contributed by atoms with Gasteiger partial charge in [0, 0.05) is 42.7 Å². The fourth-order valence-electron chi connectivity index (χ4n) is 3.83. The van der Waals surface area contributed by atoms with Crippen LogP contribution in [0.3, 0.4) is 0 Å². The number of piperidine rings is 1. The van der Waals surface area contributed by atoms with Crippen molar-refractivity contribution in [1.29, 1.82) is 0 Å². The monoisotopic (exact) mass is 495 g/mol. The van der Waals surface area contributed by atoms with E-state index in [9.17, 15) is 23.2 Å². The SMILES string of the molecule is COc1cccc(C(=O)N2CCC(NC(=O)c3nccnc3NC(=O)c3ccc(F)c(F)c3)CC2)c1. The van der Waals surface area contributed by atoms with Gasteiger partial charge in [-0.25, -0.2) is 18.7 Å². The summed E-state index contributed by atoms with van der Waals surface area (Å²) in [5, 5.41) is 5.28. The van der Waals surface area contributed by atoms with E-state index < -0.39 is 23.4 Å². The van der Waals surface area contributed by atoms with E-state index in [4.69, 9.17) is 4.74 Å². The van der Waals surface area contributed by atoms with Crippen LogP contribution >= 0.6 is 0 Å². The second kappa shape index (κ2) is 10.9. The van der Waals surface area contributed by atoms with Crippen LogP contribution in [0, 0.1) is 11.6 Å². The Hall–Kier alpha value is -4.41. The number of amides is 3. The third kappa shape index (κ3) is 5.62. The Balaban J connectivity index is 1.36. The van der Waals surface area contributed by atoms with Gasteiger partial charge in [-0.3, -0.25) is 14.4 Å². The lowest BCUT2D eigenvalue weighted by Gasteiger charge is -2.32. The van der Waals surface area contributed by atoms with Gasteiger partial charge in [0.1, 0.15) is 5.75 Å². The Labute approximate surface area is 205 Å². The van der Waals surface area contributed by atoms with Crippen LogP contribution in [-0.2, 0) is 0 Å². The smallest absolute Gasteiger partial charge is 0.273 e. The number of nitrogens with zero attached hydrogens (tertiary/aromatic N) is 3. The van der Waals surface area contributed by atoms with Crippen molar-refractivity contribution in [1.82, 2.24) is 20.2 Å². The Bertz CT molecular complexity index is 1290. The number of aromatic nitrogens is 2. The number of hydrogen-bond donors (Lipinski definition) is 2. The number of benzene rings is 2. The molecule has 4 rings (SSSR count). The summed E-state index contributed by atoms with van der Waals surface area (Å²) in [4.78, 5) is 47.9. The van der Waals surface area contributed by atoms with Gasteiger partial charge < -0.3 is 20.3 Å². The van der Waals surface area contributed by atoms with Crippen molar-refractivity contribution < 1.29 is 27.9 Å². The maximum absolute atomic E-state index is 13.5. The molecule has 186 valence electrons. The number of halogens is 2. The first-order chi connectivity index (χ1) is 17.4. The molecule has 36 heavy (non-hydrogen) atoms. The highest BCUT2D eigenvalue weighted by atomic mass is 19.2. The summed E-state index contributed by atoms with van der Waals surface area (Å²) in [7, 11) is 1.54. The van der Waals surface area contributed by atoms with E-state index in [-0.39, 0.29) is 29.0 Å².